The third-order valence-electron chi connectivity index (χ3n) is 3.02. The zero-order valence-corrected chi connectivity index (χ0v) is 13.1. The molecule has 0 spiro atoms. The number of nitrogens with zero attached hydrogens (tertiary/aromatic N) is 1. The maximum absolute atomic E-state index is 12.1. The van der Waals surface area contributed by atoms with Crippen LogP contribution in [0.3, 0.4) is 0 Å². The van der Waals surface area contributed by atoms with E-state index in [2.05, 4.69) is 26.4 Å². The molecule has 21 heavy (non-hydrogen) atoms. The van der Waals surface area contributed by atoms with Crippen LogP contribution in [0.25, 0.3) is 0 Å². The van der Waals surface area contributed by atoms with Gasteiger partial charge in [0.2, 0.25) is 5.91 Å². The minimum absolute atomic E-state index is 0.115. The van der Waals surface area contributed by atoms with Crippen molar-refractivity contribution >= 4 is 33.2 Å². The van der Waals surface area contributed by atoms with E-state index < -0.39 is 0 Å². The average molecular weight is 347 g/mol. The summed E-state index contributed by atoms with van der Waals surface area (Å²) < 4.78 is 0.979. The molecule has 0 aliphatic heterocycles. The Morgan fingerprint density at radius 3 is 2.52 bits per heavy atom. The van der Waals surface area contributed by atoms with Gasteiger partial charge < -0.3 is 10.5 Å². The third-order valence-corrected chi connectivity index (χ3v) is 3.55. The number of para-hydroxylation sites is 1. The van der Waals surface area contributed by atoms with Gasteiger partial charge >= 0.3 is 0 Å². The predicted octanol–water partition coefficient (Wildman–Crippen LogP) is 3.83. The van der Waals surface area contributed by atoms with E-state index in [4.69, 9.17) is 5.21 Å². The van der Waals surface area contributed by atoms with Crippen molar-refractivity contribution < 1.29 is 10.0 Å². The first-order valence-electron chi connectivity index (χ1n) is 6.42. The lowest BCUT2D eigenvalue weighted by Gasteiger charge is -2.10. The van der Waals surface area contributed by atoms with Gasteiger partial charge in [-0.05, 0) is 30.7 Å². The van der Waals surface area contributed by atoms with Crippen LogP contribution in [0.15, 0.2) is 58.2 Å². The fourth-order valence-electron chi connectivity index (χ4n) is 1.94. The Kier molecular flexibility index (Phi) is 5.11. The van der Waals surface area contributed by atoms with Crippen LogP contribution in [0.5, 0.6) is 0 Å². The van der Waals surface area contributed by atoms with E-state index in [0.29, 0.717) is 17.0 Å². The van der Waals surface area contributed by atoms with E-state index in [9.17, 15) is 4.79 Å². The third kappa shape index (κ3) is 4.16. The van der Waals surface area contributed by atoms with Crippen molar-refractivity contribution in [3.8, 4) is 0 Å². The van der Waals surface area contributed by atoms with Gasteiger partial charge in [0, 0.05) is 15.7 Å². The number of halogens is 1. The minimum atomic E-state index is -0.115. The molecule has 0 saturated heterocycles. The van der Waals surface area contributed by atoms with Gasteiger partial charge in [-0.1, -0.05) is 51.4 Å². The number of oxime groups is 1. The Hall–Kier alpha value is -2.14. The Balaban J connectivity index is 2.11. The highest BCUT2D eigenvalue weighted by molar-refractivity contribution is 9.10. The molecular formula is C16H15BrN2O2. The van der Waals surface area contributed by atoms with Crippen molar-refractivity contribution in [3.05, 3.63) is 64.1 Å². The first-order valence-corrected chi connectivity index (χ1v) is 7.22. The first-order chi connectivity index (χ1) is 10.1. The molecule has 2 rings (SSSR count). The average Bonchev–Trinajstić information content (AvgIpc) is 2.49. The molecule has 0 aliphatic carbocycles. The molecule has 0 radical (unpaired) electrons. The van der Waals surface area contributed by atoms with Crippen LogP contribution in [0.4, 0.5) is 5.69 Å². The summed E-state index contributed by atoms with van der Waals surface area (Å²) in [6.45, 7) is 1.68. The second-order valence-corrected chi connectivity index (χ2v) is 5.50. The Morgan fingerprint density at radius 2 is 1.86 bits per heavy atom. The number of anilines is 1. The van der Waals surface area contributed by atoms with Gasteiger partial charge in [-0.3, -0.25) is 4.79 Å². The second-order valence-electron chi connectivity index (χ2n) is 4.58. The highest BCUT2D eigenvalue weighted by atomic mass is 79.9. The second kappa shape index (κ2) is 7.04. The number of carbonyl (C=O) groups is 1. The van der Waals surface area contributed by atoms with Gasteiger partial charge in [-0.15, -0.1) is 0 Å². The van der Waals surface area contributed by atoms with Crippen LogP contribution < -0.4 is 5.32 Å². The molecule has 1 amide bonds. The van der Waals surface area contributed by atoms with E-state index in [1.54, 1.807) is 19.1 Å². The van der Waals surface area contributed by atoms with E-state index in [-0.39, 0.29) is 12.3 Å². The van der Waals surface area contributed by atoms with Gasteiger partial charge in [-0.25, -0.2) is 0 Å². The number of benzene rings is 2. The van der Waals surface area contributed by atoms with E-state index in [1.165, 1.54) is 0 Å². The quantitative estimate of drug-likeness (QED) is 0.502. The number of rotatable bonds is 4. The van der Waals surface area contributed by atoms with Gasteiger partial charge in [0.15, 0.2) is 0 Å². The van der Waals surface area contributed by atoms with Gasteiger partial charge in [0.25, 0.3) is 0 Å². The van der Waals surface area contributed by atoms with E-state index in [1.807, 2.05) is 36.4 Å². The summed E-state index contributed by atoms with van der Waals surface area (Å²) in [7, 11) is 0. The summed E-state index contributed by atoms with van der Waals surface area (Å²) in [4.78, 5) is 12.1. The van der Waals surface area contributed by atoms with E-state index >= 15 is 0 Å². The van der Waals surface area contributed by atoms with Gasteiger partial charge in [0.1, 0.15) is 0 Å². The van der Waals surface area contributed by atoms with Crippen molar-refractivity contribution in [1.29, 1.82) is 0 Å². The summed E-state index contributed by atoms with van der Waals surface area (Å²) in [6, 6.07) is 14.8. The molecule has 2 N–H and O–H groups in total. The molecular weight excluding hydrogens is 332 g/mol. The van der Waals surface area contributed by atoms with Gasteiger partial charge in [0.05, 0.1) is 12.1 Å². The molecule has 5 heteroatoms. The van der Waals surface area contributed by atoms with Crippen LogP contribution in [0.1, 0.15) is 18.1 Å². The van der Waals surface area contributed by atoms with Crippen LogP contribution in [0.2, 0.25) is 0 Å². The zero-order chi connectivity index (χ0) is 15.2. The van der Waals surface area contributed by atoms with Crippen molar-refractivity contribution in [2.24, 2.45) is 5.16 Å². The summed E-state index contributed by atoms with van der Waals surface area (Å²) in [6.07, 6.45) is 0.289. The first kappa shape index (κ1) is 15.3. The molecule has 0 atom stereocenters. The smallest absolute Gasteiger partial charge is 0.228 e. The Labute approximate surface area is 131 Å². The SMILES string of the molecule is C/C(=N\O)c1ccccc1NC(=O)Cc1ccc(Br)cc1. The number of hydrogen-bond donors (Lipinski definition) is 2. The molecule has 4 nitrogen and oxygen atoms in total. The predicted molar refractivity (Wildman–Crippen MR) is 86.9 cm³/mol. The van der Waals surface area contributed by atoms with Crippen molar-refractivity contribution in [2.45, 2.75) is 13.3 Å². The van der Waals surface area contributed by atoms with Crippen molar-refractivity contribution in [3.63, 3.8) is 0 Å². The highest BCUT2D eigenvalue weighted by Gasteiger charge is 2.09. The molecule has 0 saturated carbocycles. The largest absolute Gasteiger partial charge is 0.411 e. The maximum atomic E-state index is 12.1. The normalized spacial score (nSPS) is 11.2. The minimum Gasteiger partial charge on any atom is -0.411 e. The van der Waals surface area contributed by atoms with E-state index in [0.717, 1.165) is 10.0 Å². The number of nitrogens with one attached hydrogen (secondary N) is 1. The standard InChI is InChI=1S/C16H15BrN2O2/c1-11(19-21)14-4-2-3-5-15(14)18-16(20)10-12-6-8-13(17)9-7-12/h2-9,21H,10H2,1H3,(H,18,20)/b19-11+. The molecule has 0 bridgehead atoms. The number of hydrogen-bond acceptors (Lipinski definition) is 3. The van der Waals surface area contributed by atoms with Crippen LogP contribution >= 0.6 is 15.9 Å². The fraction of sp³-hybridized carbons (Fsp3) is 0.125. The summed E-state index contributed by atoms with van der Waals surface area (Å²) in [5, 5.41) is 14.9. The molecule has 108 valence electrons. The Morgan fingerprint density at radius 1 is 1.19 bits per heavy atom. The van der Waals surface area contributed by atoms with Crippen molar-refractivity contribution in [2.75, 3.05) is 5.32 Å². The zero-order valence-electron chi connectivity index (χ0n) is 11.5. The molecule has 2 aromatic carbocycles. The molecule has 0 aromatic heterocycles. The fourth-order valence-corrected chi connectivity index (χ4v) is 2.21. The maximum Gasteiger partial charge on any atom is 0.228 e. The summed E-state index contributed by atoms with van der Waals surface area (Å²) >= 11 is 3.36. The lowest BCUT2D eigenvalue weighted by Crippen LogP contribution is -2.16. The van der Waals surface area contributed by atoms with Crippen LogP contribution in [0, 0.1) is 0 Å². The molecule has 0 fully saturated rings. The highest BCUT2D eigenvalue weighted by Crippen LogP contribution is 2.17. The topological polar surface area (TPSA) is 61.7 Å². The lowest BCUT2D eigenvalue weighted by molar-refractivity contribution is -0.115. The monoisotopic (exact) mass is 346 g/mol. The molecule has 0 heterocycles. The number of amides is 1. The van der Waals surface area contributed by atoms with Crippen LogP contribution in [-0.2, 0) is 11.2 Å². The number of carbonyl (C=O) groups excluding carboxylic acids is 1. The summed E-state index contributed by atoms with van der Waals surface area (Å²) in [5.41, 5.74) is 2.72. The molecule has 2 aromatic rings. The van der Waals surface area contributed by atoms with Gasteiger partial charge in [-0.2, -0.15) is 0 Å². The lowest BCUT2D eigenvalue weighted by atomic mass is 10.1. The Bertz CT molecular complexity index is 666. The summed E-state index contributed by atoms with van der Waals surface area (Å²) in [5.74, 6) is -0.115. The molecule has 0 unspecified atom stereocenters. The van der Waals surface area contributed by atoms with Crippen LogP contribution in [-0.4, -0.2) is 16.8 Å². The van der Waals surface area contributed by atoms with Crippen molar-refractivity contribution in [1.82, 2.24) is 0 Å². The molecule has 0 aliphatic rings.